The first-order chi connectivity index (χ1) is 47.6. The maximum atomic E-state index is 13.2. The molecule has 3 aliphatic rings. The van der Waals surface area contributed by atoms with E-state index in [0.717, 1.165) is 83.5 Å². The minimum atomic E-state index is -1.21. The van der Waals surface area contributed by atoms with Gasteiger partial charge in [-0.25, -0.2) is 4.79 Å². The summed E-state index contributed by atoms with van der Waals surface area (Å²) in [6.45, 7) is 8.07. The van der Waals surface area contributed by atoms with Gasteiger partial charge in [-0.05, 0) is 102 Å². The number of nitrogens with one attached hydrogen (secondary N) is 3. The molecule has 3 saturated heterocycles. The summed E-state index contributed by atoms with van der Waals surface area (Å²) in [7, 11) is 0. The molecule has 0 bridgehead atoms. The Bertz CT molecular complexity index is 1990. The molecule has 0 aromatic heterocycles. The number of unbranched alkanes of at least 4 members (excludes halogenated alkanes) is 12. The first-order valence-corrected chi connectivity index (χ1v) is 37.1. The van der Waals surface area contributed by atoms with Gasteiger partial charge in [0.15, 0.2) is 18.9 Å². The van der Waals surface area contributed by atoms with Crippen LogP contribution in [0.3, 0.4) is 0 Å². The highest BCUT2D eigenvalue weighted by Gasteiger charge is 2.45. The van der Waals surface area contributed by atoms with Crippen LogP contribution >= 0.6 is 0 Å². The van der Waals surface area contributed by atoms with Crippen molar-refractivity contribution >= 4 is 41.4 Å². The lowest BCUT2D eigenvalue weighted by Gasteiger charge is -2.40. The van der Waals surface area contributed by atoms with Gasteiger partial charge in [-0.15, -0.1) is 0 Å². The third kappa shape index (κ3) is 36.7. The lowest BCUT2D eigenvalue weighted by atomic mass is 9.71. The van der Waals surface area contributed by atoms with Gasteiger partial charge < -0.3 is 105 Å². The number of esters is 2. The van der Waals surface area contributed by atoms with Crippen LogP contribution in [0.4, 0.5) is 4.79 Å². The Morgan fingerprint density at radius 1 is 0.364 bits per heavy atom. The van der Waals surface area contributed by atoms with Crippen molar-refractivity contribution in [3.63, 3.8) is 0 Å². The highest BCUT2D eigenvalue weighted by atomic mass is 16.7. The Kier molecular flexibility index (Phi) is 47.5. The third-order valence-electron chi connectivity index (χ3n) is 19.0. The quantitative estimate of drug-likeness (QED) is 0.0218. The Morgan fingerprint density at radius 3 is 1.06 bits per heavy atom. The van der Waals surface area contributed by atoms with Crippen LogP contribution in [-0.4, -0.2) is 240 Å². The van der Waals surface area contributed by atoms with Gasteiger partial charge in [-0.3, -0.25) is 28.8 Å². The van der Waals surface area contributed by atoms with E-state index >= 15 is 0 Å². The van der Waals surface area contributed by atoms with Crippen molar-refractivity contribution in [1.29, 1.82) is 0 Å². The van der Waals surface area contributed by atoms with Crippen LogP contribution in [0.25, 0.3) is 0 Å². The molecule has 12 N–H and O–H groups in total. The summed E-state index contributed by atoms with van der Waals surface area (Å²) in [5, 5.41) is 97.7. The number of carbonyl (C=O) groups is 7. The molecule has 3 heterocycles. The van der Waals surface area contributed by atoms with Crippen LogP contribution in [0.15, 0.2) is 0 Å². The summed E-state index contributed by atoms with van der Waals surface area (Å²) in [5.74, 6) is -2.16. The van der Waals surface area contributed by atoms with Gasteiger partial charge >= 0.3 is 18.0 Å². The molecule has 576 valence electrons. The standard InChI is InChI=1S/C71H127N3O25/c1-5-52(78)45-71(33-24-42-91-59(82)31-16-10-7-12-18-36-72-57(80)29-22-40-94-68-50(3)62(85)65(88)55(47-76)98-68,34-25-43-92-60(83)32-17-11-8-13-19-37-73-58(81)30-23-41-95-69-51(4)63(86)66(89)56(48-77)99-69)35-26-44-96-70(90)74-38-20-14-6-9-15-27-53(79)28-21-39-93-67-49(2)61(84)64(87)54(46-75)97-67/h49-51,54-56,61-69,75-77,84-89H,5-48H2,1-4H3,(H,72,80)(H,73,81)(H,74,90). The van der Waals surface area contributed by atoms with Crippen LogP contribution in [0.2, 0.25) is 0 Å². The minimum Gasteiger partial charge on any atom is -0.466 e. The number of hydrogen-bond donors (Lipinski definition) is 12. The van der Waals surface area contributed by atoms with Crippen molar-refractivity contribution in [1.82, 2.24) is 16.0 Å². The number of aliphatic hydroxyl groups excluding tert-OH is 9. The molecule has 0 aromatic carbocycles. The highest BCUT2D eigenvalue weighted by Crippen LogP contribution is 2.40. The van der Waals surface area contributed by atoms with Crippen LogP contribution in [0, 0.1) is 23.2 Å². The van der Waals surface area contributed by atoms with Gasteiger partial charge in [0.05, 0.1) is 77.8 Å². The summed E-state index contributed by atoms with van der Waals surface area (Å²) < 4.78 is 50.7. The van der Waals surface area contributed by atoms with Gasteiger partial charge in [0, 0.05) is 88.8 Å². The second-order valence-electron chi connectivity index (χ2n) is 27.3. The lowest BCUT2D eigenvalue weighted by Crippen LogP contribution is -2.55. The monoisotopic (exact) mass is 1420 g/mol. The van der Waals surface area contributed by atoms with E-state index in [1.807, 2.05) is 6.92 Å². The van der Waals surface area contributed by atoms with E-state index in [2.05, 4.69) is 16.0 Å². The van der Waals surface area contributed by atoms with Crippen LogP contribution < -0.4 is 16.0 Å². The fraction of sp³-hybridized carbons (Fsp3) is 0.901. The molecule has 3 rings (SSSR count). The first kappa shape index (κ1) is 89.1. The second kappa shape index (κ2) is 52.8. The SMILES string of the molecule is CCC(=O)CC(CCCOC(=O)CCCCCCCNC(=O)CCCOC1OC(CO)C(O)C(O)C1C)(CCCOC(=O)CCCCCCCNC(=O)CCCOC1OC(CO)C(O)C(O)C1C)CCCOC(=O)NCCCCCCCC(=O)CCCOC1OC(CO)C(O)C(O)C1C. The number of carbonyl (C=O) groups excluding carboxylic acids is 7. The number of aliphatic hydroxyl groups is 9. The molecule has 0 radical (unpaired) electrons. The molecule has 3 fully saturated rings. The number of hydrogen-bond acceptors (Lipinski definition) is 25. The molecule has 15 unspecified atom stereocenters. The number of ketones is 2. The molecule has 3 amide bonds. The number of ether oxygens (including phenoxy) is 9. The average molecular weight is 1420 g/mol. The molecule has 28 heteroatoms. The molecular weight excluding hydrogens is 1290 g/mol. The van der Waals surface area contributed by atoms with Crippen molar-refractivity contribution in [3.05, 3.63) is 0 Å². The van der Waals surface area contributed by atoms with Crippen molar-refractivity contribution < 1.29 is 122 Å². The zero-order chi connectivity index (χ0) is 72.8. The van der Waals surface area contributed by atoms with Crippen LogP contribution in [-0.2, 0) is 71.4 Å². The molecule has 15 atom stereocenters. The van der Waals surface area contributed by atoms with Gasteiger partial charge in [0.1, 0.15) is 48.2 Å². The van der Waals surface area contributed by atoms with E-state index in [4.69, 9.17) is 42.6 Å². The molecule has 0 aromatic rings. The topological polar surface area (TPSA) is 421 Å². The number of alkyl carbamates (subject to hydrolysis) is 1. The van der Waals surface area contributed by atoms with E-state index in [1.54, 1.807) is 20.8 Å². The largest absolute Gasteiger partial charge is 0.466 e. The Labute approximate surface area is 586 Å². The smallest absolute Gasteiger partial charge is 0.407 e. The van der Waals surface area contributed by atoms with Crippen molar-refractivity contribution in [3.8, 4) is 0 Å². The van der Waals surface area contributed by atoms with E-state index in [-0.39, 0.29) is 107 Å². The average Bonchev–Trinajstić information content (AvgIpc) is 0.842. The predicted octanol–water partition coefficient (Wildman–Crippen LogP) is 4.93. The van der Waals surface area contributed by atoms with Gasteiger partial charge in [-0.1, -0.05) is 85.5 Å². The molecule has 0 saturated carbocycles. The molecular formula is C71H127N3O25. The van der Waals surface area contributed by atoms with Gasteiger partial charge in [0.25, 0.3) is 0 Å². The number of Topliss-reactive ketones (excluding diaryl/α,β-unsaturated/α-hetero) is 2. The first-order valence-electron chi connectivity index (χ1n) is 37.1. The molecule has 0 aliphatic carbocycles. The summed E-state index contributed by atoms with van der Waals surface area (Å²) in [4.78, 5) is 88.9. The van der Waals surface area contributed by atoms with Crippen molar-refractivity contribution in [2.75, 3.05) is 79.1 Å². The van der Waals surface area contributed by atoms with E-state index in [9.17, 15) is 79.5 Å². The third-order valence-corrected chi connectivity index (χ3v) is 19.0. The van der Waals surface area contributed by atoms with Gasteiger partial charge in [0.2, 0.25) is 11.8 Å². The fourth-order valence-corrected chi connectivity index (χ4v) is 12.6. The van der Waals surface area contributed by atoms with Crippen LogP contribution in [0.1, 0.15) is 233 Å². The fourth-order valence-electron chi connectivity index (χ4n) is 12.6. The molecule has 99 heavy (non-hydrogen) atoms. The Hall–Kier alpha value is -4.11. The van der Waals surface area contributed by atoms with Crippen molar-refractivity contribution in [2.24, 2.45) is 23.2 Å². The molecule has 0 spiro atoms. The van der Waals surface area contributed by atoms with E-state index in [1.165, 1.54) is 0 Å². The predicted molar refractivity (Wildman–Crippen MR) is 362 cm³/mol. The van der Waals surface area contributed by atoms with Crippen LogP contribution in [0.5, 0.6) is 0 Å². The Morgan fingerprint density at radius 2 is 0.687 bits per heavy atom. The summed E-state index contributed by atoms with van der Waals surface area (Å²) in [6.07, 6.45) is 6.25. The maximum Gasteiger partial charge on any atom is 0.407 e. The molecule has 3 aliphatic heterocycles. The second-order valence-corrected chi connectivity index (χ2v) is 27.3. The lowest BCUT2D eigenvalue weighted by molar-refractivity contribution is -0.282. The zero-order valence-corrected chi connectivity index (χ0v) is 59.8. The normalized spacial score (nSPS) is 26.1. The van der Waals surface area contributed by atoms with E-state index in [0.29, 0.717) is 110 Å². The number of rotatable bonds is 57. The van der Waals surface area contributed by atoms with Gasteiger partial charge in [-0.2, -0.15) is 0 Å². The summed E-state index contributed by atoms with van der Waals surface area (Å²) in [5.41, 5.74) is -0.532. The highest BCUT2D eigenvalue weighted by molar-refractivity contribution is 5.79. The Balaban J connectivity index is 1.34. The number of amides is 3. The maximum absolute atomic E-state index is 13.2. The van der Waals surface area contributed by atoms with Crippen molar-refractivity contribution in [2.45, 2.75) is 307 Å². The summed E-state index contributed by atoms with van der Waals surface area (Å²) in [6, 6.07) is 0. The molecule has 28 nitrogen and oxygen atoms in total. The zero-order valence-electron chi connectivity index (χ0n) is 59.8. The summed E-state index contributed by atoms with van der Waals surface area (Å²) >= 11 is 0. The minimum absolute atomic E-state index is 0.0704. The van der Waals surface area contributed by atoms with E-state index < -0.39 is 123 Å².